The van der Waals surface area contributed by atoms with Crippen molar-refractivity contribution in [2.24, 2.45) is 5.10 Å². The first-order chi connectivity index (χ1) is 13.0. The van der Waals surface area contributed by atoms with Crippen molar-refractivity contribution in [1.29, 1.82) is 0 Å². The monoisotopic (exact) mass is 409 g/mol. The average Bonchev–Trinajstić information content (AvgIpc) is 2.97. The van der Waals surface area contributed by atoms with E-state index in [1.807, 2.05) is 0 Å². The Labute approximate surface area is 163 Å². The van der Waals surface area contributed by atoms with Crippen LogP contribution in [0.4, 0.5) is 14.5 Å². The maximum atomic E-state index is 12.8. The number of alkyl halides is 2. The quantitative estimate of drug-likeness (QED) is 0.432. The highest BCUT2D eigenvalue weighted by molar-refractivity contribution is 7.99. The number of anilines is 1. The fourth-order valence-electron chi connectivity index (χ4n) is 2.48. The van der Waals surface area contributed by atoms with Crippen molar-refractivity contribution >= 4 is 40.7 Å². The van der Waals surface area contributed by atoms with Crippen molar-refractivity contribution in [3.63, 3.8) is 0 Å². The van der Waals surface area contributed by atoms with Gasteiger partial charge in [-0.05, 0) is 36.4 Å². The van der Waals surface area contributed by atoms with Crippen LogP contribution in [0.15, 0.2) is 70.3 Å². The highest BCUT2D eigenvalue weighted by Crippen LogP contribution is 2.30. The summed E-state index contributed by atoms with van der Waals surface area (Å²) >= 11 is 6.30. The molecule has 27 heavy (non-hydrogen) atoms. The van der Waals surface area contributed by atoms with E-state index in [0.29, 0.717) is 38.6 Å². The maximum Gasteiger partial charge on any atom is 0.288 e. The van der Waals surface area contributed by atoms with Crippen LogP contribution < -0.4 is 10.3 Å². The number of thioether (sulfide) groups is 1. The smallest absolute Gasteiger partial charge is 0.288 e. The number of nitrogens with one attached hydrogen (secondary N) is 1. The van der Waals surface area contributed by atoms with Crippen molar-refractivity contribution in [2.75, 3.05) is 11.7 Å². The summed E-state index contributed by atoms with van der Waals surface area (Å²) in [5.41, 5.74) is 1.54. The van der Waals surface area contributed by atoms with Gasteiger partial charge in [-0.1, -0.05) is 35.5 Å². The molecule has 9 heteroatoms. The number of aliphatic hydroxyl groups is 1. The minimum Gasteiger partial charge on any atom is -0.377 e. The van der Waals surface area contributed by atoms with Crippen molar-refractivity contribution in [3.05, 3.63) is 70.9 Å². The SMILES string of the molecule is O=C1/C(=C\NCO)C(c2cccc(SC(F)F)c2)=NN1c1ccc(Cl)cc1. The third-order valence-electron chi connectivity index (χ3n) is 3.62. The molecule has 140 valence electrons. The number of hydrogen-bond acceptors (Lipinski definition) is 5. The maximum absolute atomic E-state index is 12.8. The second-order valence-corrected chi connectivity index (χ2v) is 6.87. The second-order valence-electron chi connectivity index (χ2n) is 5.37. The van der Waals surface area contributed by atoms with E-state index in [0.717, 1.165) is 0 Å². The van der Waals surface area contributed by atoms with Crippen LogP contribution in [-0.2, 0) is 4.79 Å². The number of halogens is 3. The Kier molecular flexibility index (Phi) is 6.10. The van der Waals surface area contributed by atoms with E-state index in [2.05, 4.69) is 10.4 Å². The lowest BCUT2D eigenvalue weighted by Crippen LogP contribution is -2.23. The molecule has 0 saturated carbocycles. The van der Waals surface area contributed by atoms with Crippen LogP contribution in [0.1, 0.15) is 5.56 Å². The van der Waals surface area contributed by atoms with Crippen LogP contribution in [0.25, 0.3) is 0 Å². The average molecular weight is 410 g/mol. The number of carbonyl (C=O) groups is 1. The van der Waals surface area contributed by atoms with E-state index in [1.54, 1.807) is 48.5 Å². The molecule has 0 fully saturated rings. The van der Waals surface area contributed by atoms with Crippen molar-refractivity contribution in [1.82, 2.24) is 5.32 Å². The molecule has 3 rings (SSSR count). The highest BCUT2D eigenvalue weighted by Gasteiger charge is 2.32. The molecule has 0 unspecified atom stereocenters. The van der Waals surface area contributed by atoms with Gasteiger partial charge in [0.2, 0.25) is 0 Å². The summed E-state index contributed by atoms with van der Waals surface area (Å²) in [5.74, 6) is -2.97. The van der Waals surface area contributed by atoms with E-state index >= 15 is 0 Å². The largest absolute Gasteiger partial charge is 0.377 e. The van der Waals surface area contributed by atoms with Gasteiger partial charge in [0.05, 0.1) is 11.3 Å². The fraction of sp³-hybridized carbons (Fsp3) is 0.111. The zero-order valence-corrected chi connectivity index (χ0v) is 15.3. The molecular weight excluding hydrogens is 396 g/mol. The van der Waals surface area contributed by atoms with E-state index in [1.165, 1.54) is 11.2 Å². The standard InChI is InChI=1S/C18H14ClF2N3O2S/c19-12-4-6-13(7-5-12)24-17(26)15(9-22-10-25)16(23-24)11-2-1-3-14(8-11)27-18(20)21/h1-9,18,22,25H,10H2/b15-9-. The van der Waals surface area contributed by atoms with Crippen molar-refractivity contribution < 1.29 is 18.7 Å². The first-order valence-electron chi connectivity index (χ1n) is 7.78. The first-order valence-corrected chi connectivity index (χ1v) is 9.04. The molecule has 0 radical (unpaired) electrons. The molecule has 0 bridgehead atoms. The van der Waals surface area contributed by atoms with Crippen LogP contribution in [-0.4, -0.2) is 29.2 Å². The van der Waals surface area contributed by atoms with Crippen LogP contribution in [0.5, 0.6) is 0 Å². The number of hydrogen-bond donors (Lipinski definition) is 2. The lowest BCUT2D eigenvalue weighted by Gasteiger charge is -2.11. The van der Waals surface area contributed by atoms with Gasteiger partial charge >= 0.3 is 0 Å². The summed E-state index contributed by atoms with van der Waals surface area (Å²) in [6.45, 7) is -0.369. The molecule has 0 aliphatic carbocycles. The van der Waals surface area contributed by atoms with E-state index < -0.39 is 11.7 Å². The van der Waals surface area contributed by atoms with E-state index in [-0.39, 0.29) is 12.3 Å². The number of benzene rings is 2. The van der Waals surface area contributed by atoms with Gasteiger partial charge in [-0.3, -0.25) is 4.79 Å². The lowest BCUT2D eigenvalue weighted by atomic mass is 10.0. The summed E-state index contributed by atoms with van der Waals surface area (Å²) in [4.78, 5) is 13.2. The third kappa shape index (κ3) is 4.47. The van der Waals surface area contributed by atoms with Crippen LogP contribution in [0.2, 0.25) is 5.02 Å². The Hall–Kier alpha value is -2.42. The molecule has 1 amide bonds. The third-order valence-corrected chi connectivity index (χ3v) is 4.58. The molecule has 1 heterocycles. The van der Waals surface area contributed by atoms with Gasteiger partial charge in [0.1, 0.15) is 12.4 Å². The Balaban J connectivity index is 2.02. The lowest BCUT2D eigenvalue weighted by molar-refractivity contribution is -0.114. The van der Waals surface area contributed by atoms with Crippen LogP contribution >= 0.6 is 23.4 Å². The Morgan fingerprint density at radius 3 is 2.67 bits per heavy atom. The topological polar surface area (TPSA) is 64.9 Å². The fourth-order valence-corrected chi connectivity index (χ4v) is 3.17. The molecule has 2 N–H and O–H groups in total. The number of rotatable bonds is 6. The highest BCUT2D eigenvalue weighted by atomic mass is 35.5. The summed E-state index contributed by atoms with van der Waals surface area (Å²) in [6.07, 6.45) is 1.35. The zero-order valence-electron chi connectivity index (χ0n) is 13.8. The van der Waals surface area contributed by atoms with Gasteiger partial charge in [0.25, 0.3) is 11.7 Å². The van der Waals surface area contributed by atoms with E-state index in [4.69, 9.17) is 16.7 Å². The Morgan fingerprint density at radius 1 is 1.26 bits per heavy atom. The predicted molar refractivity (Wildman–Crippen MR) is 102 cm³/mol. The molecule has 2 aromatic rings. The van der Waals surface area contributed by atoms with Crippen LogP contribution in [0.3, 0.4) is 0 Å². The normalized spacial score (nSPS) is 15.6. The van der Waals surface area contributed by atoms with Gasteiger partial charge in [-0.15, -0.1) is 0 Å². The summed E-state index contributed by atoms with van der Waals surface area (Å²) < 4.78 is 25.3. The van der Waals surface area contributed by atoms with E-state index in [9.17, 15) is 13.6 Å². The van der Waals surface area contributed by atoms with Gasteiger partial charge < -0.3 is 10.4 Å². The molecule has 0 aromatic heterocycles. The minimum atomic E-state index is -2.55. The number of carbonyl (C=O) groups excluding carboxylic acids is 1. The molecule has 0 atom stereocenters. The van der Waals surface area contributed by atoms with Crippen molar-refractivity contribution in [2.45, 2.75) is 10.7 Å². The van der Waals surface area contributed by atoms with Crippen LogP contribution in [0, 0.1) is 0 Å². The summed E-state index contributed by atoms with van der Waals surface area (Å²) in [7, 11) is 0. The molecule has 5 nitrogen and oxygen atoms in total. The minimum absolute atomic E-state index is 0.207. The molecule has 0 saturated heterocycles. The Bertz CT molecular complexity index is 904. The molecule has 0 spiro atoms. The Morgan fingerprint density at radius 2 is 2.00 bits per heavy atom. The van der Waals surface area contributed by atoms with Gasteiger partial charge in [-0.25, -0.2) is 0 Å². The van der Waals surface area contributed by atoms with Gasteiger partial charge in [0, 0.05) is 21.7 Å². The van der Waals surface area contributed by atoms with Crippen molar-refractivity contribution in [3.8, 4) is 0 Å². The van der Waals surface area contributed by atoms with Gasteiger partial charge in [-0.2, -0.15) is 18.9 Å². The predicted octanol–water partition coefficient (Wildman–Crippen LogP) is 3.83. The molecule has 1 aliphatic rings. The number of nitrogens with zero attached hydrogens (tertiary/aromatic N) is 2. The van der Waals surface area contributed by atoms with Gasteiger partial charge in [0.15, 0.2) is 0 Å². The molecular formula is C18H14ClF2N3O2S. The number of aliphatic hydroxyl groups excluding tert-OH is 1. The second kappa shape index (κ2) is 8.51. The number of amides is 1. The summed E-state index contributed by atoms with van der Waals surface area (Å²) in [5, 5.41) is 17.7. The molecule has 2 aromatic carbocycles. The number of hydrazone groups is 1. The molecule has 1 aliphatic heterocycles. The first kappa shape index (κ1) is 19.3. The summed E-state index contributed by atoms with van der Waals surface area (Å²) in [6, 6.07) is 13.0. The zero-order chi connectivity index (χ0) is 19.4.